The second-order valence-electron chi connectivity index (χ2n) is 4.21. The molecular weight excluding hydrogens is 238 g/mol. The minimum Gasteiger partial charge on any atom is -0.497 e. The molecular formula is C12H17NO3S. The van der Waals surface area contributed by atoms with E-state index in [1.807, 2.05) is 13.1 Å². The van der Waals surface area contributed by atoms with E-state index >= 15 is 0 Å². The van der Waals surface area contributed by atoms with Gasteiger partial charge in [-0.15, -0.1) is 0 Å². The number of methoxy groups -OCH3 is 1. The number of nitrogens with one attached hydrogen (secondary N) is 1. The molecule has 1 aromatic carbocycles. The number of benzene rings is 1. The molecule has 1 atom stereocenters. The van der Waals surface area contributed by atoms with Gasteiger partial charge in [-0.1, -0.05) is 0 Å². The first-order valence-corrected chi connectivity index (χ1v) is 7.31. The molecule has 2 rings (SSSR count). The van der Waals surface area contributed by atoms with E-state index in [2.05, 4.69) is 5.32 Å². The van der Waals surface area contributed by atoms with Crippen LogP contribution >= 0.6 is 0 Å². The van der Waals surface area contributed by atoms with Crippen molar-refractivity contribution in [3.8, 4) is 5.75 Å². The quantitative estimate of drug-likeness (QED) is 0.870. The highest BCUT2D eigenvalue weighted by Gasteiger charge is 2.27. The van der Waals surface area contributed by atoms with Crippen LogP contribution in [-0.2, 0) is 9.84 Å². The Morgan fingerprint density at radius 2 is 2.18 bits per heavy atom. The summed E-state index contributed by atoms with van der Waals surface area (Å²) in [5, 5.41) is 3.17. The average Bonchev–Trinajstić information content (AvgIpc) is 2.45. The van der Waals surface area contributed by atoms with E-state index in [0.717, 1.165) is 12.0 Å². The van der Waals surface area contributed by atoms with Crippen molar-refractivity contribution >= 4 is 9.84 Å². The Hall–Kier alpha value is -1.07. The number of hydrogen-bond donors (Lipinski definition) is 1. The summed E-state index contributed by atoms with van der Waals surface area (Å²) in [6.07, 6.45) is 1.51. The van der Waals surface area contributed by atoms with Gasteiger partial charge < -0.3 is 10.1 Å². The van der Waals surface area contributed by atoms with E-state index in [-0.39, 0.29) is 11.8 Å². The molecule has 1 heterocycles. The molecule has 5 heteroatoms. The standard InChI is InChI=1S/C12H17NO3S/c1-13-11-4-3-7-17(14,15)12-6-5-9(16-2)8-10(11)12/h5-6,8,11,13H,3-4,7H2,1-2H3. The van der Waals surface area contributed by atoms with Crippen molar-refractivity contribution in [3.05, 3.63) is 23.8 Å². The SMILES string of the molecule is CNC1CCCS(=O)(=O)c2ccc(OC)cc21. The van der Waals surface area contributed by atoms with E-state index in [1.165, 1.54) is 0 Å². The summed E-state index contributed by atoms with van der Waals surface area (Å²) in [6, 6.07) is 5.25. The van der Waals surface area contributed by atoms with Gasteiger partial charge in [0.25, 0.3) is 0 Å². The molecule has 0 aliphatic carbocycles. The smallest absolute Gasteiger partial charge is 0.178 e. The van der Waals surface area contributed by atoms with Gasteiger partial charge in [0, 0.05) is 6.04 Å². The largest absolute Gasteiger partial charge is 0.497 e. The Bertz CT molecular complexity index is 510. The molecule has 94 valence electrons. The molecule has 0 radical (unpaired) electrons. The third-order valence-electron chi connectivity index (χ3n) is 3.18. The molecule has 1 unspecified atom stereocenters. The molecule has 4 nitrogen and oxygen atoms in total. The maximum absolute atomic E-state index is 12.1. The van der Waals surface area contributed by atoms with Crippen LogP contribution in [0.25, 0.3) is 0 Å². The topological polar surface area (TPSA) is 55.4 Å². The molecule has 0 aromatic heterocycles. The van der Waals surface area contributed by atoms with E-state index in [1.54, 1.807) is 19.2 Å². The van der Waals surface area contributed by atoms with Gasteiger partial charge >= 0.3 is 0 Å². The Labute approximate surface area is 102 Å². The number of fused-ring (bicyclic) bond motifs is 1. The fraction of sp³-hybridized carbons (Fsp3) is 0.500. The molecule has 0 saturated carbocycles. The molecule has 1 aliphatic heterocycles. The summed E-state index contributed by atoms with van der Waals surface area (Å²) >= 11 is 0. The summed E-state index contributed by atoms with van der Waals surface area (Å²) in [5.41, 5.74) is 0.823. The molecule has 0 amide bonds. The van der Waals surface area contributed by atoms with Crippen molar-refractivity contribution < 1.29 is 13.2 Å². The van der Waals surface area contributed by atoms with Crippen molar-refractivity contribution in [2.24, 2.45) is 0 Å². The molecule has 1 aliphatic rings. The second-order valence-corrected chi connectivity index (χ2v) is 6.28. The van der Waals surface area contributed by atoms with Crippen molar-refractivity contribution in [1.82, 2.24) is 5.32 Å². The Morgan fingerprint density at radius 3 is 2.82 bits per heavy atom. The highest BCUT2D eigenvalue weighted by atomic mass is 32.2. The van der Waals surface area contributed by atoms with Gasteiger partial charge in [-0.05, 0) is 43.7 Å². The molecule has 0 saturated heterocycles. The molecule has 1 N–H and O–H groups in total. The fourth-order valence-electron chi connectivity index (χ4n) is 2.25. The monoisotopic (exact) mass is 255 g/mol. The number of hydrogen-bond acceptors (Lipinski definition) is 4. The molecule has 1 aromatic rings. The van der Waals surface area contributed by atoms with Gasteiger partial charge in [0.15, 0.2) is 9.84 Å². The van der Waals surface area contributed by atoms with Gasteiger partial charge in [-0.3, -0.25) is 0 Å². The second kappa shape index (κ2) is 4.66. The van der Waals surface area contributed by atoms with Crippen LogP contribution in [0.5, 0.6) is 5.75 Å². The molecule has 17 heavy (non-hydrogen) atoms. The zero-order valence-electron chi connectivity index (χ0n) is 10.1. The molecule has 0 fully saturated rings. The highest BCUT2D eigenvalue weighted by Crippen LogP contribution is 2.33. The number of ether oxygens (including phenoxy) is 1. The van der Waals surface area contributed by atoms with Crippen molar-refractivity contribution in [3.63, 3.8) is 0 Å². The van der Waals surface area contributed by atoms with Gasteiger partial charge in [0.2, 0.25) is 0 Å². The summed E-state index contributed by atoms with van der Waals surface area (Å²) in [4.78, 5) is 0.440. The Morgan fingerprint density at radius 1 is 1.41 bits per heavy atom. The predicted molar refractivity (Wildman–Crippen MR) is 66.1 cm³/mol. The van der Waals surface area contributed by atoms with Crippen LogP contribution < -0.4 is 10.1 Å². The minimum absolute atomic E-state index is 0.0809. The lowest BCUT2D eigenvalue weighted by Gasteiger charge is -2.16. The lowest BCUT2D eigenvalue weighted by atomic mass is 10.0. The predicted octanol–water partition coefficient (Wildman–Crippen LogP) is 1.52. The van der Waals surface area contributed by atoms with Crippen molar-refractivity contribution in [1.29, 1.82) is 0 Å². The van der Waals surface area contributed by atoms with E-state index in [4.69, 9.17) is 4.74 Å². The lowest BCUT2D eigenvalue weighted by Crippen LogP contribution is -2.16. The first-order valence-electron chi connectivity index (χ1n) is 5.66. The van der Waals surface area contributed by atoms with Crippen LogP contribution in [0, 0.1) is 0 Å². The van der Waals surface area contributed by atoms with Crippen LogP contribution in [0.15, 0.2) is 23.1 Å². The van der Waals surface area contributed by atoms with Gasteiger partial charge in [0.1, 0.15) is 5.75 Å². The van der Waals surface area contributed by atoms with Gasteiger partial charge in [-0.25, -0.2) is 8.42 Å². The first kappa shape index (κ1) is 12.4. The highest BCUT2D eigenvalue weighted by molar-refractivity contribution is 7.91. The Balaban J connectivity index is 2.61. The number of sulfone groups is 1. The van der Waals surface area contributed by atoms with E-state index < -0.39 is 9.84 Å². The van der Waals surface area contributed by atoms with Crippen LogP contribution in [0.1, 0.15) is 24.4 Å². The third kappa shape index (κ3) is 2.30. The third-order valence-corrected chi connectivity index (χ3v) is 5.05. The number of rotatable bonds is 2. The average molecular weight is 255 g/mol. The molecule has 0 spiro atoms. The first-order chi connectivity index (χ1) is 8.08. The van der Waals surface area contributed by atoms with Crippen molar-refractivity contribution in [2.45, 2.75) is 23.8 Å². The van der Waals surface area contributed by atoms with Gasteiger partial charge in [-0.2, -0.15) is 0 Å². The van der Waals surface area contributed by atoms with Gasteiger partial charge in [0.05, 0.1) is 17.8 Å². The van der Waals surface area contributed by atoms with E-state index in [0.29, 0.717) is 17.1 Å². The summed E-state index contributed by atoms with van der Waals surface area (Å²) < 4.78 is 29.3. The molecule has 0 bridgehead atoms. The minimum atomic E-state index is -3.14. The van der Waals surface area contributed by atoms with Crippen LogP contribution in [0.2, 0.25) is 0 Å². The summed E-state index contributed by atoms with van der Waals surface area (Å²) in [7, 11) is 0.296. The lowest BCUT2D eigenvalue weighted by molar-refractivity contribution is 0.412. The van der Waals surface area contributed by atoms with Crippen LogP contribution in [0.3, 0.4) is 0 Å². The normalized spacial score (nSPS) is 22.6. The fourth-order valence-corrected chi connectivity index (χ4v) is 3.85. The van der Waals surface area contributed by atoms with Crippen LogP contribution in [0.4, 0.5) is 0 Å². The van der Waals surface area contributed by atoms with E-state index in [9.17, 15) is 8.42 Å². The maximum Gasteiger partial charge on any atom is 0.178 e. The summed E-state index contributed by atoms with van der Waals surface area (Å²) in [6.45, 7) is 0. The Kier molecular flexibility index (Phi) is 3.40. The van der Waals surface area contributed by atoms with Crippen molar-refractivity contribution in [2.75, 3.05) is 19.9 Å². The summed E-state index contributed by atoms with van der Waals surface area (Å²) in [5.74, 6) is 0.922. The zero-order chi connectivity index (χ0) is 12.5. The van der Waals surface area contributed by atoms with Crippen LogP contribution in [-0.4, -0.2) is 28.3 Å². The zero-order valence-corrected chi connectivity index (χ0v) is 10.9. The maximum atomic E-state index is 12.1.